The van der Waals surface area contributed by atoms with Crippen LogP contribution < -0.4 is 55.0 Å². The van der Waals surface area contributed by atoms with Crippen molar-refractivity contribution in [1.82, 2.24) is 24.0 Å². The van der Waals surface area contributed by atoms with Gasteiger partial charge in [0, 0.05) is 94.1 Å². The Balaban J connectivity index is 0.000000225. The standard InChI is InChI=1S/C18H15P.C15H19N2O5P.C14H18N2O2.C13H17N2O3P.C12H15N2O3P.C9H11NO3.C8H8BrNO3.C8H9NO3.C6H12NP.BBr3/c1-4-10-16(11-5-1)19(17-12-6-2-7-13-17)18-14-8-3-9-15-18;1-21-15(18)10-22-14-3-2-12(9-13(14)17(19)20)8-11-4-6-16(23)7-5-11;17-14-9-18-13-2-1-11(8-12(13)16-14)7-10-3-5-15-6-4-10;1-18-13-3-2-11(9-12(13)15(16)17)8-10-4-6-14(19)7-5-10;15-12-2-1-10(8-11(12)14(16)17)7-9-3-5-13(18)6-4-9;1-3-7-4-5-9(13-2)8(6-7)10(11)12;1-13-8-3-2-6(5-9)4-7(8)10(11)12;1-6-3-4-8(12-2)7(5-6)9(10)11;1-6-2-4-7(8)5-3-6;2-1(3)4/h1-15H;2-3,8-9H,4-7,10,23H2,1H3;1-2,8,10,15H,3-7,9H2,(H,16,17);2-3,8-9H,4-7,19H2,1H3;1-2,7-8,15H,3-6,18H2;4-6H,3H2,1-2H3;2-4H,5H2,1H3;3-5H,1-2H3;1-5,8H2;. The third kappa shape index (κ3) is 44.4. The van der Waals surface area contributed by atoms with Crippen molar-refractivity contribution < 1.29 is 77.4 Å². The van der Waals surface area contributed by atoms with Crippen LogP contribution in [0.1, 0.15) is 110 Å². The molecule has 784 valence electrons. The summed E-state index contributed by atoms with van der Waals surface area (Å²) in [6.45, 7) is 17.9. The van der Waals surface area contributed by atoms with Gasteiger partial charge in [-0.05, 0) is 214 Å². The zero-order valence-electron chi connectivity index (χ0n) is 82.8. The molecule has 34 nitrogen and oxygen atoms in total. The molecule has 5 fully saturated rings. The number of nitrogens with zero attached hydrogens (tertiary/aromatic N) is 10. The van der Waals surface area contributed by atoms with E-state index in [1.807, 2.05) is 43.4 Å². The lowest BCUT2D eigenvalue weighted by Gasteiger charge is -2.23. The number of halogens is 4. The molecular weight excluding hydrogens is 2240 g/mol. The van der Waals surface area contributed by atoms with E-state index < -0.39 is 43.4 Å². The number of phenols is 1. The Kier molecular flexibility index (Phi) is 55.6. The number of amides is 1. The lowest BCUT2D eigenvalue weighted by molar-refractivity contribution is -0.386. The number of hydrogen-bond donors (Lipinski definition) is 3. The Morgan fingerprint density at radius 2 is 0.823 bits per heavy atom. The quantitative estimate of drug-likeness (QED) is 0.0102. The molecule has 6 aliphatic heterocycles. The number of phenolic OH excluding ortho intramolecular Hbond substituents is 1. The van der Waals surface area contributed by atoms with E-state index in [2.05, 4.69) is 245 Å². The number of aromatic hydroxyl groups is 1. The topological polar surface area (TPSA) is 415 Å². The highest BCUT2D eigenvalue weighted by atomic mass is 79.9. The molecule has 4 atom stereocenters. The maximum absolute atomic E-state index is 11.3. The maximum Gasteiger partial charge on any atom is 0.369 e. The summed E-state index contributed by atoms with van der Waals surface area (Å²) in [6, 6.07) is 67.4. The number of rotatable bonds is 23. The first-order valence-electron chi connectivity index (χ1n) is 46.6. The van der Waals surface area contributed by atoms with Crippen LogP contribution in [0.2, 0.25) is 0 Å². The van der Waals surface area contributed by atoms with Gasteiger partial charge in [-0.2, -0.15) is 0 Å². The lowest BCUT2D eigenvalue weighted by Crippen LogP contribution is -2.29. The first-order chi connectivity index (χ1) is 70.4. The van der Waals surface area contributed by atoms with E-state index in [-0.39, 0.29) is 73.7 Å². The van der Waals surface area contributed by atoms with E-state index in [9.17, 15) is 75.4 Å². The van der Waals surface area contributed by atoms with Crippen LogP contribution >= 0.6 is 109 Å². The highest BCUT2D eigenvalue weighted by Gasteiger charge is 2.26. The van der Waals surface area contributed by atoms with Crippen molar-refractivity contribution in [1.29, 1.82) is 0 Å². The van der Waals surface area contributed by atoms with Gasteiger partial charge in [0.05, 0.1) is 70.8 Å². The molecule has 4 unspecified atom stereocenters. The fourth-order valence-corrected chi connectivity index (χ4v) is 18.8. The fourth-order valence-electron chi connectivity index (χ4n) is 15.1. The Labute approximate surface area is 901 Å². The number of nitrogens with one attached hydrogen (secondary N) is 2. The number of alkyl halides is 1. The van der Waals surface area contributed by atoms with Crippen molar-refractivity contribution in [2.45, 2.75) is 96.2 Å². The van der Waals surface area contributed by atoms with Crippen molar-refractivity contribution >= 4 is 198 Å². The third-order valence-electron chi connectivity index (χ3n) is 23.0. The minimum Gasteiger partial charge on any atom is -0.502 e. The van der Waals surface area contributed by atoms with Crippen molar-refractivity contribution in [2.75, 3.05) is 120 Å². The summed E-state index contributed by atoms with van der Waals surface area (Å²) in [6.07, 6.45) is 18.5. The van der Waals surface area contributed by atoms with Crippen LogP contribution in [0.25, 0.3) is 18.2 Å². The Morgan fingerprint density at radius 1 is 0.476 bits per heavy atom. The third-order valence-corrected chi connectivity index (χ3v) is 28.1. The van der Waals surface area contributed by atoms with Crippen LogP contribution in [-0.4, -0.2) is 183 Å². The molecule has 10 aromatic carbocycles. The van der Waals surface area contributed by atoms with E-state index in [1.54, 1.807) is 67.6 Å². The minimum atomic E-state index is -0.588. The van der Waals surface area contributed by atoms with Crippen molar-refractivity contribution in [3.05, 3.63) is 347 Å². The van der Waals surface area contributed by atoms with Gasteiger partial charge in [-0.25, -0.2) is 4.79 Å². The first kappa shape index (κ1) is 123. The second kappa shape index (κ2) is 66.5. The first-order valence-corrected chi connectivity index (χ1v) is 53.9. The summed E-state index contributed by atoms with van der Waals surface area (Å²) in [5.41, 5.74) is 12.1. The number of nitro groups is 6. The number of aryl methyl sites for hydroxylation is 2. The van der Waals surface area contributed by atoms with E-state index in [1.165, 1.54) is 154 Å². The Hall–Kier alpha value is -11.0. The van der Waals surface area contributed by atoms with Gasteiger partial charge in [0.2, 0.25) is 0 Å². The number of methoxy groups -OCH3 is 5. The molecule has 0 aromatic heterocycles. The van der Waals surface area contributed by atoms with Gasteiger partial charge in [0.1, 0.15) is 5.75 Å². The molecule has 6 heterocycles. The second-order valence-electron chi connectivity index (χ2n) is 33.4. The molecule has 6 aliphatic rings. The number of hydrogen-bond acceptors (Lipinski definition) is 27. The van der Waals surface area contributed by atoms with Crippen LogP contribution in [0.3, 0.4) is 0 Å². The molecule has 1 amide bonds. The Bertz CT molecular complexity index is 5900. The largest absolute Gasteiger partial charge is 0.502 e. The molecule has 5 saturated heterocycles. The monoisotopic (exact) mass is 2360 g/mol. The number of anilines is 1. The maximum atomic E-state index is 11.3. The molecule has 16 rings (SSSR count). The smallest absolute Gasteiger partial charge is 0.369 e. The minimum absolute atomic E-state index is 0.000509. The van der Waals surface area contributed by atoms with E-state index in [0.717, 1.165) is 154 Å². The van der Waals surface area contributed by atoms with Gasteiger partial charge in [0.25, 0.3) is 5.91 Å². The average molecular weight is 2370 g/mol. The van der Waals surface area contributed by atoms with Crippen LogP contribution in [0.4, 0.5) is 39.8 Å². The molecule has 0 radical (unpaired) electrons. The van der Waals surface area contributed by atoms with Crippen LogP contribution in [0.5, 0.6) is 40.2 Å². The molecule has 10 aromatic rings. The summed E-state index contributed by atoms with van der Waals surface area (Å²) in [7, 11) is 17.3. The summed E-state index contributed by atoms with van der Waals surface area (Å²) < 4.78 is 43.6. The fraction of sp³-hybridized carbons (Fsp3) is 0.320. The summed E-state index contributed by atoms with van der Waals surface area (Å²) in [5.74, 6) is 1.84. The lowest BCUT2D eigenvalue weighted by atomic mass is 9.91. The highest BCUT2D eigenvalue weighted by molar-refractivity contribution is 9.69. The molecular formula is C103H124BBr4N12O22P5. The number of carbonyl (C=O) groups excluding carboxylic acids is 2. The molecule has 0 bridgehead atoms. The van der Waals surface area contributed by atoms with Gasteiger partial charge in [-0.3, -0.25) is 84.2 Å². The van der Waals surface area contributed by atoms with Gasteiger partial charge in [0.15, 0.2) is 47.7 Å². The average Bonchev–Trinajstić information content (AvgIpc) is 0.821. The molecule has 0 saturated carbocycles. The zero-order chi connectivity index (χ0) is 107. The van der Waals surface area contributed by atoms with E-state index >= 15 is 0 Å². The number of piperidine rings is 5. The van der Waals surface area contributed by atoms with Crippen molar-refractivity contribution in [3.8, 4) is 40.2 Å². The van der Waals surface area contributed by atoms with E-state index in [4.69, 9.17) is 28.4 Å². The molecule has 0 spiro atoms. The summed E-state index contributed by atoms with van der Waals surface area (Å²) >= 11 is 12.5. The number of benzene rings is 10. The number of ether oxygens (including phenoxy) is 7. The summed E-state index contributed by atoms with van der Waals surface area (Å²) in [5, 5.41) is 84.9. The number of nitro benzene ring substituents is 6. The Morgan fingerprint density at radius 3 is 1.21 bits per heavy atom. The molecule has 3 N–H and O–H groups in total. The highest BCUT2D eigenvalue weighted by Crippen LogP contribution is 2.38. The molecule has 44 heteroatoms. The second-order valence-corrected chi connectivity index (χ2v) is 45.6. The van der Waals surface area contributed by atoms with E-state index in [0.29, 0.717) is 22.6 Å². The normalized spacial score (nSPS) is 14.3. The van der Waals surface area contributed by atoms with Gasteiger partial charge in [-0.1, -0.05) is 241 Å². The van der Waals surface area contributed by atoms with Crippen LogP contribution in [0, 0.1) is 73.5 Å². The van der Waals surface area contributed by atoms with Gasteiger partial charge < -0.3 is 48.9 Å². The predicted octanol–water partition coefficient (Wildman–Crippen LogP) is 23.0. The van der Waals surface area contributed by atoms with Crippen molar-refractivity contribution in [2.24, 2.45) is 5.92 Å². The predicted molar refractivity (Wildman–Crippen MR) is 613 cm³/mol. The number of fused-ring (bicyclic) bond motifs is 1. The molecule has 147 heavy (non-hydrogen) atoms. The van der Waals surface area contributed by atoms with Crippen LogP contribution in [-0.2, 0) is 32.5 Å². The van der Waals surface area contributed by atoms with Gasteiger partial charge >= 0.3 is 43.3 Å². The SMILES string of the molecule is BrB(Br)Br.C=C1CCN(P)CC1.CCc1ccc(OC)c([N+](=O)[O-])c1.COC(=O)COc1ccc(C=C2CCN(P)CC2)cc1[N+](=O)[O-].COc1ccc(C)cc1[N+](=O)[O-].COc1ccc(C=C2CCN(P)CC2)cc1[N+](=O)[O-].COc1ccc(CBr)cc1[N+](=O)[O-].O=C1COc2ccc(CC3CCNCC3)cc2N1.O=[N+]([O-])c1cc(C=C2CCN(P)CC2)ccc1O.c1ccc(P(c2ccccc2)c2ccccc2)cc1. The zero-order valence-corrected chi connectivity index (χ0v) is 94.7. The van der Waals surface area contributed by atoms with Gasteiger partial charge in [-0.15, -0.1) is 47.3 Å². The number of carbonyl (C=O) groups is 2. The molecule has 0 aliphatic carbocycles. The van der Waals surface area contributed by atoms with Crippen LogP contribution in [0.15, 0.2) is 247 Å². The van der Waals surface area contributed by atoms with Crippen molar-refractivity contribution in [3.63, 3.8) is 0 Å². The summed E-state index contributed by atoms with van der Waals surface area (Å²) in [4.78, 5) is 84.0. The number of esters is 1.